The van der Waals surface area contributed by atoms with Crippen LogP contribution in [0.4, 0.5) is 17.2 Å². The van der Waals surface area contributed by atoms with Gasteiger partial charge in [0.25, 0.3) is 5.91 Å². The van der Waals surface area contributed by atoms with Crippen molar-refractivity contribution < 1.29 is 4.79 Å². The molecule has 0 saturated heterocycles. The van der Waals surface area contributed by atoms with Crippen LogP contribution in [-0.2, 0) is 0 Å². The Morgan fingerprint density at radius 1 is 0.926 bits per heavy atom. The van der Waals surface area contributed by atoms with E-state index in [1.807, 2.05) is 56.3 Å². The van der Waals surface area contributed by atoms with Crippen LogP contribution in [0, 0.1) is 13.8 Å². The lowest BCUT2D eigenvalue weighted by Crippen LogP contribution is -2.14. The van der Waals surface area contributed by atoms with E-state index >= 15 is 0 Å². The molecule has 0 atom stereocenters. The molecule has 0 saturated carbocycles. The summed E-state index contributed by atoms with van der Waals surface area (Å²) in [5, 5.41) is 6.12. The molecule has 5 nitrogen and oxygen atoms in total. The minimum atomic E-state index is -0.279. The van der Waals surface area contributed by atoms with Crippen LogP contribution in [0.15, 0.2) is 54.9 Å². The SMILES string of the molecule is Cc1cccc(C)c1Nc1cnc(C(=O)Nc2ccc(C(C)C)cc2)cn1. The van der Waals surface area contributed by atoms with Gasteiger partial charge < -0.3 is 10.6 Å². The van der Waals surface area contributed by atoms with E-state index in [0.717, 1.165) is 22.5 Å². The maximum Gasteiger partial charge on any atom is 0.275 e. The van der Waals surface area contributed by atoms with E-state index in [0.29, 0.717) is 11.7 Å². The highest BCUT2D eigenvalue weighted by Gasteiger charge is 2.10. The smallest absolute Gasteiger partial charge is 0.275 e. The molecule has 5 heteroatoms. The molecule has 1 aromatic heterocycles. The number of hydrogen-bond acceptors (Lipinski definition) is 4. The Balaban J connectivity index is 1.68. The molecule has 3 rings (SSSR count). The Kier molecular flexibility index (Phi) is 5.50. The van der Waals surface area contributed by atoms with E-state index in [-0.39, 0.29) is 11.6 Å². The van der Waals surface area contributed by atoms with Gasteiger partial charge in [0.2, 0.25) is 0 Å². The molecular formula is C22H24N4O. The number of rotatable bonds is 5. The molecule has 0 spiro atoms. The highest BCUT2D eigenvalue weighted by atomic mass is 16.1. The van der Waals surface area contributed by atoms with Crippen LogP contribution in [0.3, 0.4) is 0 Å². The lowest BCUT2D eigenvalue weighted by molar-refractivity contribution is 0.102. The normalized spacial score (nSPS) is 10.7. The minimum absolute atomic E-state index is 0.273. The standard InChI is InChI=1S/C22H24N4O/c1-14(2)17-8-10-18(11-9-17)25-22(27)19-12-24-20(13-23-19)26-21-15(3)6-5-7-16(21)4/h5-14H,1-4H3,(H,24,26)(H,25,27). The number of para-hydroxylation sites is 1. The number of nitrogens with zero attached hydrogens (tertiary/aromatic N) is 2. The third-order valence-corrected chi connectivity index (χ3v) is 4.45. The second-order valence-corrected chi connectivity index (χ2v) is 6.91. The maximum atomic E-state index is 12.4. The van der Waals surface area contributed by atoms with Crippen molar-refractivity contribution in [2.24, 2.45) is 0 Å². The van der Waals surface area contributed by atoms with Gasteiger partial charge in [0.05, 0.1) is 12.4 Å². The third kappa shape index (κ3) is 4.50. The number of nitrogens with one attached hydrogen (secondary N) is 2. The van der Waals surface area contributed by atoms with Gasteiger partial charge in [-0.15, -0.1) is 0 Å². The van der Waals surface area contributed by atoms with Crippen molar-refractivity contribution in [1.29, 1.82) is 0 Å². The zero-order valence-electron chi connectivity index (χ0n) is 16.1. The molecule has 0 fully saturated rings. The number of anilines is 3. The first kappa shape index (κ1) is 18.6. The summed E-state index contributed by atoms with van der Waals surface area (Å²) < 4.78 is 0. The molecule has 1 heterocycles. The minimum Gasteiger partial charge on any atom is -0.339 e. The Labute approximate surface area is 159 Å². The van der Waals surface area contributed by atoms with E-state index in [9.17, 15) is 4.79 Å². The summed E-state index contributed by atoms with van der Waals surface area (Å²) in [7, 11) is 0. The summed E-state index contributed by atoms with van der Waals surface area (Å²) in [5.74, 6) is 0.779. The summed E-state index contributed by atoms with van der Waals surface area (Å²) in [4.78, 5) is 20.9. The van der Waals surface area contributed by atoms with Crippen molar-refractivity contribution >= 4 is 23.1 Å². The fraction of sp³-hybridized carbons (Fsp3) is 0.227. The first-order chi connectivity index (χ1) is 12.9. The lowest BCUT2D eigenvalue weighted by Gasteiger charge is -2.12. The number of amides is 1. The number of aryl methyl sites for hydroxylation is 2. The molecule has 27 heavy (non-hydrogen) atoms. The number of benzene rings is 2. The van der Waals surface area contributed by atoms with E-state index < -0.39 is 0 Å². The van der Waals surface area contributed by atoms with E-state index in [1.54, 1.807) is 6.20 Å². The number of hydrogen-bond donors (Lipinski definition) is 2. The van der Waals surface area contributed by atoms with Gasteiger partial charge in [0, 0.05) is 11.4 Å². The van der Waals surface area contributed by atoms with E-state index in [4.69, 9.17) is 0 Å². The highest BCUT2D eigenvalue weighted by molar-refractivity contribution is 6.02. The van der Waals surface area contributed by atoms with Crippen LogP contribution < -0.4 is 10.6 Å². The van der Waals surface area contributed by atoms with Gasteiger partial charge in [0.15, 0.2) is 0 Å². The summed E-state index contributed by atoms with van der Waals surface area (Å²) in [6.07, 6.45) is 3.05. The first-order valence-electron chi connectivity index (χ1n) is 9.00. The fourth-order valence-electron chi connectivity index (χ4n) is 2.80. The van der Waals surface area contributed by atoms with E-state index in [1.165, 1.54) is 11.8 Å². The second kappa shape index (κ2) is 7.99. The van der Waals surface area contributed by atoms with Gasteiger partial charge in [-0.2, -0.15) is 0 Å². The van der Waals surface area contributed by atoms with Crippen LogP contribution in [0.25, 0.3) is 0 Å². The predicted molar refractivity (Wildman–Crippen MR) is 110 cm³/mol. The van der Waals surface area contributed by atoms with Crippen LogP contribution in [0.2, 0.25) is 0 Å². The van der Waals surface area contributed by atoms with Crippen molar-refractivity contribution in [2.75, 3.05) is 10.6 Å². The van der Waals surface area contributed by atoms with E-state index in [2.05, 4.69) is 34.4 Å². The molecule has 2 N–H and O–H groups in total. The summed E-state index contributed by atoms with van der Waals surface area (Å²) >= 11 is 0. The largest absolute Gasteiger partial charge is 0.339 e. The maximum absolute atomic E-state index is 12.4. The summed E-state index contributed by atoms with van der Waals surface area (Å²) in [6, 6.07) is 13.9. The fourth-order valence-corrected chi connectivity index (χ4v) is 2.80. The van der Waals surface area contributed by atoms with Gasteiger partial charge >= 0.3 is 0 Å². The Bertz CT molecular complexity index is 911. The van der Waals surface area contributed by atoms with Crippen molar-refractivity contribution in [2.45, 2.75) is 33.6 Å². The van der Waals surface area contributed by atoms with Gasteiger partial charge in [0.1, 0.15) is 11.5 Å². The Hall–Kier alpha value is -3.21. The molecule has 1 amide bonds. The van der Waals surface area contributed by atoms with Crippen LogP contribution in [-0.4, -0.2) is 15.9 Å². The quantitative estimate of drug-likeness (QED) is 0.655. The number of carbonyl (C=O) groups excluding carboxylic acids is 1. The molecule has 2 aromatic carbocycles. The highest BCUT2D eigenvalue weighted by Crippen LogP contribution is 2.23. The van der Waals surface area contributed by atoms with Crippen molar-refractivity contribution in [3.63, 3.8) is 0 Å². The monoisotopic (exact) mass is 360 g/mol. The summed E-state index contributed by atoms with van der Waals surface area (Å²) in [5.41, 5.74) is 5.51. The van der Waals surface area contributed by atoms with Gasteiger partial charge in [-0.3, -0.25) is 4.79 Å². The zero-order valence-corrected chi connectivity index (χ0v) is 16.1. The van der Waals surface area contributed by atoms with Gasteiger partial charge in [-0.25, -0.2) is 9.97 Å². The second-order valence-electron chi connectivity index (χ2n) is 6.91. The molecule has 0 radical (unpaired) electrons. The zero-order chi connectivity index (χ0) is 19.4. The first-order valence-corrected chi connectivity index (χ1v) is 9.00. The lowest BCUT2D eigenvalue weighted by atomic mass is 10.0. The topological polar surface area (TPSA) is 66.9 Å². The van der Waals surface area contributed by atoms with Crippen molar-refractivity contribution in [3.8, 4) is 0 Å². The van der Waals surface area contributed by atoms with Gasteiger partial charge in [-0.1, -0.05) is 44.2 Å². The summed E-state index contributed by atoms with van der Waals surface area (Å²) in [6.45, 7) is 8.35. The van der Waals surface area contributed by atoms with Crippen LogP contribution in [0.5, 0.6) is 0 Å². The Morgan fingerprint density at radius 2 is 1.59 bits per heavy atom. The molecule has 0 unspecified atom stereocenters. The molecule has 138 valence electrons. The third-order valence-electron chi connectivity index (χ3n) is 4.45. The number of carbonyl (C=O) groups is 1. The molecular weight excluding hydrogens is 336 g/mol. The Morgan fingerprint density at radius 3 is 2.15 bits per heavy atom. The molecule has 0 aliphatic rings. The van der Waals surface area contributed by atoms with Crippen molar-refractivity contribution in [3.05, 3.63) is 77.2 Å². The molecule has 3 aromatic rings. The average molecular weight is 360 g/mol. The van der Waals surface area contributed by atoms with Crippen molar-refractivity contribution in [1.82, 2.24) is 9.97 Å². The molecule has 0 bridgehead atoms. The molecule has 0 aliphatic carbocycles. The predicted octanol–water partition coefficient (Wildman–Crippen LogP) is 5.21. The average Bonchev–Trinajstić information content (AvgIpc) is 2.66. The molecule has 0 aliphatic heterocycles. The van der Waals surface area contributed by atoms with Gasteiger partial charge in [-0.05, 0) is 48.6 Å². The van der Waals surface area contributed by atoms with Crippen LogP contribution >= 0.6 is 0 Å². The van der Waals surface area contributed by atoms with Crippen LogP contribution in [0.1, 0.15) is 46.9 Å². The number of aromatic nitrogens is 2.